The second kappa shape index (κ2) is 4.34. The van der Waals surface area contributed by atoms with Crippen LogP contribution in [0.4, 0.5) is 5.69 Å². The van der Waals surface area contributed by atoms with Gasteiger partial charge in [-0.15, -0.1) is 0 Å². The largest absolute Gasteiger partial charge is 0.274 e. The summed E-state index contributed by atoms with van der Waals surface area (Å²) in [6.07, 6.45) is 6.34. The molecule has 1 saturated heterocycles. The molecule has 0 N–H and O–H groups in total. The number of halogens is 2. The number of carbonyl (C=O) groups excluding carboxylic acids is 2. The van der Waals surface area contributed by atoms with Gasteiger partial charge in [0.15, 0.2) is 0 Å². The number of imide groups is 1. The van der Waals surface area contributed by atoms with E-state index in [1.54, 1.807) is 18.2 Å². The van der Waals surface area contributed by atoms with Crippen molar-refractivity contribution in [2.45, 2.75) is 19.3 Å². The predicted molar refractivity (Wildman–Crippen MR) is 81.4 cm³/mol. The van der Waals surface area contributed by atoms with Gasteiger partial charge < -0.3 is 0 Å². The first kappa shape index (κ1) is 13.4. The first-order valence-corrected chi connectivity index (χ1v) is 7.77. The van der Waals surface area contributed by atoms with Gasteiger partial charge in [-0.05, 0) is 42.9 Å². The third-order valence-corrected chi connectivity index (χ3v) is 5.40. The van der Waals surface area contributed by atoms with Crippen molar-refractivity contribution in [3.63, 3.8) is 0 Å². The molecule has 0 radical (unpaired) electrons. The fourth-order valence-electron chi connectivity index (χ4n) is 4.09. The third kappa shape index (κ3) is 1.80. The Morgan fingerprint density at radius 1 is 1.10 bits per heavy atom. The van der Waals surface area contributed by atoms with Crippen LogP contribution in [0.5, 0.6) is 0 Å². The average molecular weight is 322 g/mol. The van der Waals surface area contributed by atoms with E-state index in [4.69, 9.17) is 23.2 Å². The molecule has 1 saturated carbocycles. The van der Waals surface area contributed by atoms with Crippen LogP contribution < -0.4 is 4.90 Å². The van der Waals surface area contributed by atoms with E-state index in [0.29, 0.717) is 28.1 Å². The highest BCUT2D eigenvalue weighted by Crippen LogP contribution is 2.58. The van der Waals surface area contributed by atoms with E-state index in [1.165, 1.54) is 4.90 Å². The molecule has 21 heavy (non-hydrogen) atoms. The van der Waals surface area contributed by atoms with Gasteiger partial charge in [0.1, 0.15) is 0 Å². The van der Waals surface area contributed by atoms with Crippen LogP contribution in [0.2, 0.25) is 10.0 Å². The number of rotatable bonds is 1. The van der Waals surface area contributed by atoms with Gasteiger partial charge in [0.05, 0.1) is 11.1 Å². The second-order valence-electron chi connectivity index (χ2n) is 6.19. The Balaban J connectivity index is 1.76. The maximum Gasteiger partial charge on any atom is 0.241 e. The summed E-state index contributed by atoms with van der Waals surface area (Å²) in [5, 5.41) is 0.846. The van der Waals surface area contributed by atoms with E-state index >= 15 is 0 Å². The molecule has 1 heterocycles. The summed E-state index contributed by atoms with van der Waals surface area (Å²) >= 11 is 12.0. The summed E-state index contributed by atoms with van der Waals surface area (Å²) in [4.78, 5) is 26.6. The maximum atomic E-state index is 12.9. The smallest absolute Gasteiger partial charge is 0.241 e. The number of hydrogen-bond acceptors (Lipinski definition) is 2. The summed E-state index contributed by atoms with van der Waals surface area (Å²) < 4.78 is 0. The topological polar surface area (TPSA) is 37.4 Å². The number of allylic oxidation sites excluding steroid dienone is 2. The number of hydrogen-bond donors (Lipinski definition) is 0. The first-order chi connectivity index (χ1) is 9.99. The van der Waals surface area contributed by atoms with Crippen LogP contribution in [0.15, 0.2) is 30.4 Å². The van der Waals surface area contributed by atoms with Crippen LogP contribution in [0.3, 0.4) is 0 Å². The minimum Gasteiger partial charge on any atom is -0.274 e. The lowest BCUT2D eigenvalue weighted by Crippen LogP contribution is -2.38. The van der Waals surface area contributed by atoms with Gasteiger partial charge in [0.25, 0.3) is 0 Å². The van der Waals surface area contributed by atoms with Crippen LogP contribution in [0.25, 0.3) is 0 Å². The molecule has 2 amide bonds. The third-order valence-electron chi connectivity index (χ3n) is 4.96. The van der Waals surface area contributed by atoms with Gasteiger partial charge in [-0.1, -0.05) is 35.4 Å². The number of benzene rings is 1. The van der Waals surface area contributed by atoms with Gasteiger partial charge in [-0.2, -0.15) is 0 Å². The molecule has 4 rings (SSSR count). The highest BCUT2D eigenvalue weighted by Gasteiger charge is 2.60. The van der Waals surface area contributed by atoms with Gasteiger partial charge in [-0.25, -0.2) is 4.90 Å². The molecule has 3 atom stereocenters. The summed E-state index contributed by atoms with van der Waals surface area (Å²) in [5.74, 6) is 0.384. The lowest BCUT2D eigenvalue weighted by atomic mass is 9.74. The lowest BCUT2D eigenvalue weighted by molar-refractivity contribution is -0.126. The first-order valence-electron chi connectivity index (χ1n) is 7.01. The Morgan fingerprint density at radius 3 is 2.38 bits per heavy atom. The molecule has 1 spiro atoms. The van der Waals surface area contributed by atoms with Crippen molar-refractivity contribution >= 4 is 40.7 Å². The molecule has 1 aromatic rings. The van der Waals surface area contributed by atoms with E-state index in [0.717, 1.165) is 12.8 Å². The highest BCUT2D eigenvalue weighted by atomic mass is 35.5. The van der Waals surface area contributed by atoms with Crippen molar-refractivity contribution in [1.29, 1.82) is 0 Å². The summed E-state index contributed by atoms with van der Waals surface area (Å²) in [6.45, 7) is 0. The normalized spacial score (nSPS) is 33.7. The molecule has 0 unspecified atom stereocenters. The molecule has 2 aliphatic carbocycles. The molecule has 0 aromatic heterocycles. The van der Waals surface area contributed by atoms with Crippen molar-refractivity contribution in [2.24, 2.45) is 17.3 Å². The molecule has 108 valence electrons. The van der Waals surface area contributed by atoms with Crippen LogP contribution >= 0.6 is 23.2 Å². The predicted octanol–water partition coefficient (Wildman–Crippen LogP) is 3.84. The Hall–Kier alpha value is -1.32. The standard InChI is InChI=1S/C16H13Cl2NO2/c17-11-4-12(18)6-13(5-11)19-14(20)8-16(15(19)21)7-9-1-2-10(16)3-9/h1-2,4-6,9-10H,3,7-8H2/t9-,10-,16-/m0/s1. The minimum atomic E-state index is -0.536. The zero-order chi connectivity index (χ0) is 14.8. The van der Waals surface area contributed by atoms with E-state index in [9.17, 15) is 9.59 Å². The Labute approximate surface area is 132 Å². The number of nitrogens with zero attached hydrogens (tertiary/aromatic N) is 1. The summed E-state index contributed by atoms with van der Waals surface area (Å²) in [5.41, 5.74) is -0.0585. The van der Waals surface area contributed by atoms with E-state index in [-0.39, 0.29) is 17.7 Å². The molecular weight excluding hydrogens is 309 g/mol. The molecule has 3 aliphatic rings. The van der Waals surface area contributed by atoms with E-state index < -0.39 is 5.41 Å². The number of carbonyl (C=O) groups is 2. The molecule has 5 heteroatoms. The van der Waals surface area contributed by atoms with Gasteiger partial charge in [0.2, 0.25) is 11.8 Å². The molecule has 1 aliphatic heterocycles. The van der Waals surface area contributed by atoms with Crippen molar-refractivity contribution in [1.82, 2.24) is 0 Å². The highest BCUT2D eigenvalue weighted by molar-refractivity contribution is 6.35. The number of anilines is 1. The zero-order valence-corrected chi connectivity index (χ0v) is 12.7. The molecule has 3 nitrogen and oxygen atoms in total. The lowest BCUT2D eigenvalue weighted by Gasteiger charge is -2.28. The Kier molecular flexibility index (Phi) is 2.76. The number of amides is 2. The van der Waals surface area contributed by atoms with Crippen LogP contribution in [0, 0.1) is 17.3 Å². The fraction of sp³-hybridized carbons (Fsp3) is 0.375. The van der Waals surface area contributed by atoms with Crippen molar-refractivity contribution in [3.05, 3.63) is 40.4 Å². The summed E-state index contributed by atoms with van der Waals surface area (Å²) in [7, 11) is 0. The quantitative estimate of drug-likeness (QED) is 0.582. The van der Waals surface area contributed by atoms with Crippen molar-refractivity contribution in [3.8, 4) is 0 Å². The fourth-order valence-corrected chi connectivity index (χ4v) is 4.61. The monoisotopic (exact) mass is 321 g/mol. The van der Waals surface area contributed by atoms with Gasteiger partial charge in [-0.3, -0.25) is 9.59 Å². The van der Waals surface area contributed by atoms with Crippen LogP contribution in [-0.2, 0) is 9.59 Å². The Morgan fingerprint density at radius 2 is 1.81 bits per heavy atom. The molecular formula is C16H13Cl2NO2. The molecule has 2 fully saturated rings. The maximum absolute atomic E-state index is 12.9. The van der Waals surface area contributed by atoms with E-state index in [2.05, 4.69) is 12.2 Å². The van der Waals surface area contributed by atoms with Crippen molar-refractivity contribution < 1.29 is 9.59 Å². The minimum absolute atomic E-state index is 0.0947. The average Bonchev–Trinajstić information content (AvgIpc) is 3.03. The van der Waals surface area contributed by atoms with Crippen molar-refractivity contribution in [2.75, 3.05) is 4.90 Å². The molecule has 2 bridgehead atoms. The molecule has 1 aromatic carbocycles. The zero-order valence-electron chi connectivity index (χ0n) is 11.2. The Bertz CT molecular complexity index is 679. The summed E-state index contributed by atoms with van der Waals surface area (Å²) in [6, 6.07) is 4.82. The van der Waals surface area contributed by atoms with Crippen LogP contribution in [0.1, 0.15) is 19.3 Å². The van der Waals surface area contributed by atoms with E-state index in [1.807, 2.05) is 0 Å². The second-order valence-corrected chi connectivity index (χ2v) is 7.06. The SMILES string of the molecule is O=C1C[C@]2(C[C@H]3C=C[C@H]2C3)C(=O)N1c1cc(Cl)cc(Cl)c1. The van der Waals surface area contributed by atoms with Crippen LogP contribution in [-0.4, -0.2) is 11.8 Å². The van der Waals surface area contributed by atoms with Gasteiger partial charge in [0, 0.05) is 16.5 Å². The van der Waals surface area contributed by atoms with Gasteiger partial charge >= 0.3 is 0 Å². The number of fused-ring (bicyclic) bond motifs is 3.